The number of hydrogen-bond donors (Lipinski definition) is 2. The maximum absolute atomic E-state index is 7.28. The number of rotatable bonds is 3. The van der Waals surface area contributed by atoms with E-state index in [-0.39, 0.29) is 11.9 Å². The van der Waals surface area contributed by atoms with E-state index in [0.717, 1.165) is 16.9 Å². The van der Waals surface area contributed by atoms with Crippen LogP contribution < -0.4 is 10.5 Å². The molecule has 1 aromatic carbocycles. The molecule has 0 saturated heterocycles. The average Bonchev–Trinajstić information content (AvgIpc) is 2.13. The van der Waals surface area contributed by atoms with Gasteiger partial charge in [-0.05, 0) is 50.5 Å². The zero-order chi connectivity index (χ0) is 11.6. The van der Waals surface area contributed by atoms with Crippen molar-refractivity contribution in [3.8, 4) is 5.75 Å². The standard InChI is InChI=1S/C12H18N2O/c1-7-5-8(2)9(3)11(6-7)15-10(4)12(13)14/h5-6,10H,1-4H3,(H3,13,14). The maximum Gasteiger partial charge on any atom is 0.152 e. The second-order valence-corrected chi connectivity index (χ2v) is 3.92. The van der Waals surface area contributed by atoms with E-state index >= 15 is 0 Å². The number of ether oxygens (including phenoxy) is 1. The van der Waals surface area contributed by atoms with Crippen LogP contribution in [0.5, 0.6) is 5.75 Å². The summed E-state index contributed by atoms with van der Waals surface area (Å²) in [6.07, 6.45) is -0.370. The molecule has 0 saturated carbocycles. The molecule has 3 heteroatoms. The van der Waals surface area contributed by atoms with E-state index in [1.54, 1.807) is 6.92 Å². The van der Waals surface area contributed by atoms with Gasteiger partial charge in [0.25, 0.3) is 0 Å². The molecule has 1 unspecified atom stereocenters. The van der Waals surface area contributed by atoms with Gasteiger partial charge in [-0.1, -0.05) is 6.07 Å². The highest BCUT2D eigenvalue weighted by Crippen LogP contribution is 2.24. The Morgan fingerprint density at radius 2 is 1.93 bits per heavy atom. The summed E-state index contributed by atoms with van der Waals surface area (Å²) >= 11 is 0. The summed E-state index contributed by atoms with van der Waals surface area (Å²) in [6, 6.07) is 4.09. The van der Waals surface area contributed by atoms with Gasteiger partial charge in [0.15, 0.2) is 6.10 Å². The van der Waals surface area contributed by atoms with Crippen LogP contribution in [0.15, 0.2) is 12.1 Å². The highest BCUT2D eigenvalue weighted by Gasteiger charge is 2.10. The van der Waals surface area contributed by atoms with Gasteiger partial charge in [0.1, 0.15) is 11.6 Å². The molecule has 3 N–H and O–H groups in total. The molecule has 1 atom stereocenters. The van der Waals surface area contributed by atoms with Gasteiger partial charge >= 0.3 is 0 Å². The van der Waals surface area contributed by atoms with Crippen molar-refractivity contribution in [2.75, 3.05) is 0 Å². The van der Waals surface area contributed by atoms with Gasteiger partial charge < -0.3 is 10.5 Å². The molecule has 0 bridgehead atoms. The van der Waals surface area contributed by atoms with Crippen LogP contribution in [0, 0.1) is 26.2 Å². The van der Waals surface area contributed by atoms with Crippen molar-refractivity contribution in [2.45, 2.75) is 33.8 Å². The normalized spacial score (nSPS) is 12.3. The third kappa shape index (κ3) is 2.72. The second kappa shape index (κ2) is 4.34. The molecule has 0 spiro atoms. The fraction of sp³-hybridized carbons (Fsp3) is 0.417. The Kier molecular flexibility index (Phi) is 3.35. The lowest BCUT2D eigenvalue weighted by molar-refractivity contribution is 0.282. The fourth-order valence-electron chi connectivity index (χ4n) is 1.38. The molecule has 3 nitrogen and oxygen atoms in total. The molecule has 82 valence electrons. The summed E-state index contributed by atoms with van der Waals surface area (Å²) in [5, 5.41) is 7.28. The van der Waals surface area contributed by atoms with Crippen molar-refractivity contribution in [3.63, 3.8) is 0 Å². The maximum atomic E-state index is 7.28. The minimum Gasteiger partial charge on any atom is -0.483 e. The van der Waals surface area contributed by atoms with Crippen molar-refractivity contribution in [1.82, 2.24) is 0 Å². The first-order valence-corrected chi connectivity index (χ1v) is 5.00. The van der Waals surface area contributed by atoms with E-state index in [4.69, 9.17) is 15.9 Å². The molecule has 0 heterocycles. The molecule has 0 radical (unpaired) electrons. The van der Waals surface area contributed by atoms with Crippen LogP contribution in [0.3, 0.4) is 0 Å². The van der Waals surface area contributed by atoms with Gasteiger partial charge in [-0.2, -0.15) is 0 Å². The van der Waals surface area contributed by atoms with Gasteiger partial charge in [-0.3, -0.25) is 5.41 Å². The minimum atomic E-state index is -0.370. The molecular formula is C12H18N2O. The van der Waals surface area contributed by atoms with Crippen LogP contribution in [-0.4, -0.2) is 11.9 Å². The first-order chi connectivity index (χ1) is 6.91. The molecule has 0 aliphatic rings. The molecule has 1 aromatic rings. The Labute approximate surface area is 90.8 Å². The first-order valence-electron chi connectivity index (χ1n) is 5.00. The van der Waals surface area contributed by atoms with Gasteiger partial charge in [0.05, 0.1) is 0 Å². The number of aryl methyl sites for hydroxylation is 2. The third-order valence-electron chi connectivity index (χ3n) is 2.51. The van der Waals surface area contributed by atoms with E-state index in [2.05, 4.69) is 6.07 Å². The van der Waals surface area contributed by atoms with E-state index in [1.165, 1.54) is 5.56 Å². The molecular weight excluding hydrogens is 188 g/mol. The van der Waals surface area contributed by atoms with Crippen LogP contribution in [-0.2, 0) is 0 Å². The van der Waals surface area contributed by atoms with Crippen molar-refractivity contribution >= 4 is 5.84 Å². The molecule has 0 amide bonds. The van der Waals surface area contributed by atoms with E-state index in [0.29, 0.717) is 0 Å². The molecule has 0 aromatic heterocycles. The van der Waals surface area contributed by atoms with Crippen molar-refractivity contribution in [3.05, 3.63) is 28.8 Å². The van der Waals surface area contributed by atoms with Crippen LogP contribution in [0.2, 0.25) is 0 Å². The Bertz CT molecular complexity index is 385. The van der Waals surface area contributed by atoms with Crippen molar-refractivity contribution < 1.29 is 4.74 Å². The lowest BCUT2D eigenvalue weighted by atomic mass is 10.1. The van der Waals surface area contributed by atoms with Gasteiger partial charge in [0, 0.05) is 0 Å². The number of benzene rings is 1. The van der Waals surface area contributed by atoms with Crippen LogP contribution in [0.25, 0.3) is 0 Å². The quantitative estimate of drug-likeness (QED) is 0.589. The Morgan fingerprint density at radius 3 is 2.47 bits per heavy atom. The number of hydrogen-bond acceptors (Lipinski definition) is 2. The lowest BCUT2D eigenvalue weighted by Crippen LogP contribution is -2.30. The van der Waals surface area contributed by atoms with Crippen molar-refractivity contribution in [1.29, 1.82) is 5.41 Å². The summed E-state index contributed by atoms with van der Waals surface area (Å²) in [4.78, 5) is 0. The van der Waals surface area contributed by atoms with Gasteiger partial charge in [-0.25, -0.2) is 0 Å². The van der Waals surface area contributed by atoms with E-state index < -0.39 is 0 Å². The Balaban J connectivity index is 2.99. The zero-order valence-electron chi connectivity index (χ0n) is 9.72. The predicted octanol–water partition coefficient (Wildman–Crippen LogP) is 2.32. The number of amidine groups is 1. The Morgan fingerprint density at radius 1 is 1.33 bits per heavy atom. The van der Waals surface area contributed by atoms with Crippen LogP contribution >= 0.6 is 0 Å². The number of nitrogens with two attached hydrogens (primary N) is 1. The second-order valence-electron chi connectivity index (χ2n) is 3.92. The Hall–Kier alpha value is -1.51. The highest BCUT2D eigenvalue weighted by molar-refractivity contribution is 5.81. The van der Waals surface area contributed by atoms with Crippen LogP contribution in [0.4, 0.5) is 0 Å². The van der Waals surface area contributed by atoms with Gasteiger partial charge in [-0.15, -0.1) is 0 Å². The first kappa shape index (κ1) is 11.6. The minimum absolute atomic E-state index is 0.0496. The smallest absolute Gasteiger partial charge is 0.152 e. The molecule has 0 aliphatic carbocycles. The summed E-state index contributed by atoms with van der Waals surface area (Å²) in [7, 11) is 0. The third-order valence-corrected chi connectivity index (χ3v) is 2.51. The highest BCUT2D eigenvalue weighted by atomic mass is 16.5. The largest absolute Gasteiger partial charge is 0.483 e. The van der Waals surface area contributed by atoms with Crippen LogP contribution in [0.1, 0.15) is 23.6 Å². The lowest BCUT2D eigenvalue weighted by Gasteiger charge is -2.16. The topological polar surface area (TPSA) is 59.1 Å². The summed E-state index contributed by atoms with van der Waals surface area (Å²) in [5.74, 6) is 0.865. The summed E-state index contributed by atoms with van der Waals surface area (Å²) < 4.78 is 5.62. The number of nitrogens with one attached hydrogen (secondary N) is 1. The SMILES string of the molecule is Cc1cc(C)c(C)c(OC(C)C(=N)N)c1. The van der Waals surface area contributed by atoms with E-state index in [1.807, 2.05) is 26.8 Å². The summed E-state index contributed by atoms with van der Waals surface area (Å²) in [5.41, 5.74) is 8.83. The molecule has 0 aliphatic heterocycles. The zero-order valence-corrected chi connectivity index (χ0v) is 9.72. The average molecular weight is 206 g/mol. The van der Waals surface area contributed by atoms with Gasteiger partial charge in [0.2, 0.25) is 0 Å². The van der Waals surface area contributed by atoms with Crippen molar-refractivity contribution in [2.24, 2.45) is 5.73 Å². The predicted molar refractivity (Wildman–Crippen MR) is 62.7 cm³/mol. The fourth-order valence-corrected chi connectivity index (χ4v) is 1.38. The molecule has 0 fully saturated rings. The molecule has 15 heavy (non-hydrogen) atoms. The summed E-state index contributed by atoms with van der Waals surface area (Å²) in [6.45, 7) is 7.86. The molecule has 1 rings (SSSR count). The van der Waals surface area contributed by atoms with E-state index in [9.17, 15) is 0 Å². The monoisotopic (exact) mass is 206 g/mol.